The summed E-state index contributed by atoms with van der Waals surface area (Å²) in [7, 11) is 0. The molecule has 0 bridgehead atoms. The van der Waals surface area contributed by atoms with Crippen molar-refractivity contribution in [3.05, 3.63) is 418 Å². The van der Waals surface area contributed by atoms with Crippen molar-refractivity contribution in [1.82, 2.24) is 0 Å². The van der Waals surface area contributed by atoms with Crippen molar-refractivity contribution in [3.63, 3.8) is 0 Å². The number of furan rings is 1. The molecule has 0 saturated heterocycles. The van der Waals surface area contributed by atoms with Gasteiger partial charge in [0.05, 0.1) is 11.4 Å². The second-order valence-electron chi connectivity index (χ2n) is 38.0. The van der Waals surface area contributed by atoms with Crippen LogP contribution >= 0.6 is 0 Å². The van der Waals surface area contributed by atoms with Crippen LogP contribution in [0.3, 0.4) is 0 Å². The monoisotopic (exact) mass is 1690 g/mol. The molecular formula is C122H85B3N2O5. The SMILES string of the molecule is CC(C)(C)c1cc(-c2ccccc2)c(N2c3cc(-c4cccc5c4oc4ccccc45)cc4c3B(c3c2cc2c5c3Oc3cc(-c6ccccc6)ccc3B5c3ccc(-c5ccccc5)cc3O2)c2c(cc3c5c2Oc2cc(-c6ccccc6)ccc2B5c2ccc(-c5ccccc5)cc2O3)N4c2c(-c3ccccc3)cc(C(C)(C)C)cc2-c2ccccc2)c(-c2ccccc2)c1. The predicted octanol–water partition coefficient (Wildman–Crippen LogP) is 26.7. The van der Waals surface area contributed by atoms with Crippen LogP contribution in [0.1, 0.15) is 52.7 Å². The first-order chi connectivity index (χ1) is 64.7. The standard InChI is InChI=1S/C122H85B3N2O5/c1-121(2,3)87-68-92(78-42-23-11-24-43-78)116(93(69-87)79-44-25-12-26-45-79)126-100-62-86(89-51-33-52-91-90-50-31-32-53-104(90)130-118(89)91)63-101-111(100)125(112-102(126)72-109-114-119(112)131-107-66-84(76-38-19-9-20-39-76)56-60-98(107)123(114)96-58-54-82(64-105(96)128-109)74-34-15-7-16-35-74)113-103(127(101)117-94(80-46-27-13-28-47-80)70-88(122(4,5)6)71-95(117)81-48-29-14-30-49-81)73-110-115-120(113)132-108-67-85(77-40-21-10-22-41-77)57-61-99(108)124(115)97-59-55-83(65-106(97)129-110)75-36-17-8-18-37-75/h7-73H,1-6H3. The average Bonchev–Trinajstić information content (AvgIpc) is 0.685. The van der Waals surface area contributed by atoms with E-state index in [1.165, 1.54) is 11.1 Å². The molecule has 0 amide bonds. The highest BCUT2D eigenvalue weighted by Gasteiger charge is 2.55. The van der Waals surface area contributed by atoms with Crippen molar-refractivity contribution in [2.75, 3.05) is 9.80 Å². The fourth-order valence-electron chi connectivity index (χ4n) is 21.8. The number of anilines is 6. The van der Waals surface area contributed by atoms with E-state index in [1.807, 2.05) is 0 Å². The van der Waals surface area contributed by atoms with Crippen molar-refractivity contribution < 1.29 is 23.4 Å². The molecule has 26 rings (SSSR count). The first-order valence-corrected chi connectivity index (χ1v) is 45.9. The van der Waals surface area contributed by atoms with Gasteiger partial charge in [-0.3, -0.25) is 0 Å². The smallest absolute Gasteiger partial charge is 0.261 e. The van der Waals surface area contributed by atoms with Gasteiger partial charge in [0.1, 0.15) is 57.2 Å². The molecule has 0 fully saturated rings. The van der Waals surface area contributed by atoms with Crippen LogP contribution in [0.4, 0.5) is 34.1 Å². The Kier molecular flexibility index (Phi) is 17.4. The summed E-state index contributed by atoms with van der Waals surface area (Å²) in [4.78, 5) is 5.30. The van der Waals surface area contributed by atoms with Crippen LogP contribution < -0.4 is 77.9 Å². The van der Waals surface area contributed by atoms with Gasteiger partial charge >= 0.3 is 0 Å². The Morgan fingerprint density at radius 3 is 0.856 bits per heavy atom. The van der Waals surface area contributed by atoms with Gasteiger partial charge < -0.3 is 33.2 Å². The Morgan fingerprint density at radius 1 is 0.212 bits per heavy atom. The van der Waals surface area contributed by atoms with Crippen LogP contribution in [0.2, 0.25) is 0 Å². The number of hydrogen-bond donors (Lipinski definition) is 0. The van der Waals surface area contributed by atoms with Gasteiger partial charge in [-0.15, -0.1) is 0 Å². The Morgan fingerprint density at radius 2 is 0.515 bits per heavy atom. The van der Waals surface area contributed by atoms with E-state index in [9.17, 15) is 0 Å². The lowest BCUT2D eigenvalue weighted by molar-refractivity contribution is 0.467. The lowest BCUT2D eigenvalue weighted by Crippen LogP contribution is -2.66. The molecular weight excluding hydrogens is 1610 g/mol. The van der Waals surface area contributed by atoms with Gasteiger partial charge in [-0.2, -0.15) is 0 Å². The molecule has 19 aromatic carbocycles. The van der Waals surface area contributed by atoms with Gasteiger partial charge in [0, 0.05) is 84.4 Å². The van der Waals surface area contributed by atoms with E-state index in [0.717, 1.165) is 228 Å². The molecule has 7 heterocycles. The number of fused-ring (bicyclic) bond motifs is 17. The lowest BCUT2D eigenvalue weighted by Gasteiger charge is -2.48. The Balaban J connectivity index is 0.883. The van der Waals surface area contributed by atoms with Crippen molar-refractivity contribution in [2.24, 2.45) is 0 Å². The van der Waals surface area contributed by atoms with E-state index in [0.29, 0.717) is 23.0 Å². The third-order valence-electron chi connectivity index (χ3n) is 28.2. The largest absolute Gasteiger partial charge is 0.459 e. The minimum atomic E-state index is -0.740. The first kappa shape index (κ1) is 77.1. The molecule has 0 N–H and O–H groups in total. The van der Waals surface area contributed by atoms with Crippen LogP contribution in [0.15, 0.2) is 411 Å². The zero-order valence-corrected chi connectivity index (χ0v) is 73.9. The molecule has 132 heavy (non-hydrogen) atoms. The molecule has 1 aromatic heterocycles. The number of para-hydroxylation sites is 2. The second-order valence-corrected chi connectivity index (χ2v) is 38.0. The molecule has 622 valence electrons. The topological polar surface area (TPSA) is 56.5 Å². The fourth-order valence-corrected chi connectivity index (χ4v) is 21.8. The number of hydrogen-bond acceptors (Lipinski definition) is 7. The zero-order valence-electron chi connectivity index (χ0n) is 73.9. The summed E-state index contributed by atoms with van der Waals surface area (Å²) in [6.45, 7) is 12.5. The molecule has 0 atom stereocenters. The van der Waals surface area contributed by atoms with Crippen LogP contribution in [0, 0.1) is 0 Å². The minimum Gasteiger partial charge on any atom is -0.459 e. The summed E-state index contributed by atoms with van der Waals surface area (Å²) < 4.78 is 40.5. The molecule has 6 aliphatic heterocycles. The molecule has 20 aromatic rings. The van der Waals surface area contributed by atoms with Crippen LogP contribution in [-0.4, -0.2) is 20.1 Å². The Hall–Kier alpha value is -16.0. The predicted molar refractivity (Wildman–Crippen MR) is 549 cm³/mol. The third kappa shape index (κ3) is 12.2. The maximum absolute atomic E-state index is 8.52. The summed E-state index contributed by atoms with van der Waals surface area (Å²) in [5, 5.41) is 2.06. The third-order valence-corrected chi connectivity index (χ3v) is 28.2. The molecule has 0 radical (unpaired) electrons. The van der Waals surface area contributed by atoms with E-state index < -0.39 is 20.1 Å². The van der Waals surface area contributed by atoms with Crippen LogP contribution in [0.5, 0.6) is 46.0 Å². The summed E-state index contributed by atoms with van der Waals surface area (Å²) in [6, 6.07) is 150. The fraction of sp³-hybridized carbons (Fsp3) is 0.0656. The van der Waals surface area contributed by atoms with Gasteiger partial charge in [-0.1, -0.05) is 369 Å². The van der Waals surface area contributed by atoms with Gasteiger partial charge in [-0.05, 0) is 199 Å². The number of benzene rings is 19. The van der Waals surface area contributed by atoms with E-state index in [-0.39, 0.29) is 10.8 Å². The van der Waals surface area contributed by atoms with E-state index in [2.05, 4.69) is 458 Å². The quantitative estimate of drug-likeness (QED) is 0.120. The molecule has 0 unspecified atom stereocenters. The summed E-state index contributed by atoms with van der Waals surface area (Å²) >= 11 is 0. The summed E-state index contributed by atoms with van der Waals surface area (Å²) in [5.74, 6) is 5.86. The summed E-state index contributed by atoms with van der Waals surface area (Å²) in [6.07, 6.45) is 0. The first-order valence-electron chi connectivity index (χ1n) is 45.9. The molecule has 0 saturated carbocycles. The molecule has 6 aliphatic rings. The maximum atomic E-state index is 8.52. The molecule has 0 aliphatic carbocycles. The number of rotatable bonds is 11. The van der Waals surface area contributed by atoms with Crippen LogP contribution in [-0.2, 0) is 10.8 Å². The second kappa shape index (κ2) is 29.8. The van der Waals surface area contributed by atoms with Gasteiger partial charge in [0.25, 0.3) is 20.1 Å². The van der Waals surface area contributed by atoms with Crippen molar-refractivity contribution in [3.8, 4) is 146 Å². The average molecular weight is 1690 g/mol. The van der Waals surface area contributed by atoms with Gasteiger partial charge in [0.15, 0.2) is 0 Å². The zero-order chi connectivity index (χ0) is 87.9. The van der Waals surface area contributed by atoms with Gasteiger partial charge in [0.2, 0.25) is 0 Å². The Bertz CT molecular complexity index is 7600. The van der Waals surface area contributed by atoms with Crippen molar-refractivity contribution in [1.29, 1.82) is 0 Å². The lowest BCUT2D eigenvalue weighted by atomic mass is 9.28. The Labute approximate surface area is 769 Å². The molecule has 7 nitrogen and oxygen atoms in total. The molecule has 0 spiro atoms. The van der Waals surface area contributed by atoms with E-state index in [1.54, 1.807) is 0 Å². The van der Waals surface area contributed by atoms with Gasteiger partial charge in [-0.25, -0.2) is 0 Å². The highest BCUT2D eigenvalue weighted by molar-refractivity contribution is 7.05. The number of nitrogens with zero attached hydrogens (tertiary/aromatic N) is 2. The minimum absolute atomic E-state index is 0.328. The van der Waals surface area contributed by atoms with E-state index in [4.69, 9.17) is 23.4 Å². The normalized spacial score (nSPS) is 13.2. The summed E-state index contributed by atoms with van der Waals surface area (Å²) in [5.41, 5.74) is 36.6. The van der Waals surface area contributed by atoms with Crippen LogP contribution in [0.25, 0.3) is 122 Å². The maximum Gasteiger partial charge on any atom is 0.261 e. The number of ether oxygens (including phenoxy) is 4. The molecule has 10 heteroatoms. The van der Waals surface area contributed by atoms with E-state index >= 15 is 0 Å². The highest BCUT2D eigenvalue weighted by atomic mass is 16.5. The van der Waals surface area contributed by atoms with Crippen molar-refractivity contribution >= 4 is 125 Å². The van der Waals surface area contributed by atoms with Crippen molar-refractivity contribution in [2.45, 2.75) is 52.4 Å². The highest BCUT2D eigenvalue weighted by Crippen LogP contribution is 2.59.